The second-order valence-electron chi connectivity index (χ2n) is 5.21. The molecule has 0 radical (unpaired) electrons. The average molecular weight is 283 g/mol. The Balaban J connectivity index is 1.86. The largest absolute Gasteiger partial charge is 0.439 e. The van der Waals surface area contributed by atoms with Crippen LogP contribution in [0.5, 0.6) is 11.6 Å². The van der Waals surface area contributed by atoms with Crippen molar-refractivity contribution in [3.05, 3.63) is 47.2 Å². The molecule has 0 atom stereocenters. The second-order valence-corrected chi connectivity index (χ2v) is 5.21. The van der Waals surface area contributed by atoms with Gasteiger partial charge >= 0.3 is 0 Å². The van der Waals surface area contributed by atoms with Crippen LogP contribution in [-0.4, -0.2) is 10.9 Å². The number of nitrogens with two attached hydrogens (primary N) is 2. The number of ether oxygens (including phenoxy) is 1. The number of rotatable bonds is 3. The minimum atomic E-state index is -0.592. The molecule has 1 aromatic carbocycles. The lowest BCUT2D eigenvalue weighted by molar-refractivity contribution is 0.100. The minimum Gasteiger partial charge on any atom is -0.439 e. The van der Waals surface area contributed by atoms with Crippen LogP contribution < -0.4 is 16.2 Å². The van der Waals surface area contributed by atoms with Crippen LogP contribution in [0.25, 0.3) is 0 Å². The van der Waals surface area contributed by atoms with Gasteiger partial charge in [-0.1, -0.05) is 6.07 Å². The molecule has 21 heavy (non-hydrogen) atoms. The molecule has 0 fully saturated rings. The normalized spacial score (nSPS) is 13.5. The maximum absolute atomic E-state index is 11.3. The zero-order valence-corrected chi connectivity index (χ0v) is 11.6. The number of fused-ring (bicyclic) bond motifs is 1. The fraction of sp³-hybridized carbons (Fsp3) is 0.250. The van der Waals surface area contributed by atoms with E-state index >= 15 is 0 Å². The summed E-state index contributed by atoms with van der Waals surface area (Å²) in [5.41, 5.74) is 14.1. The molecule has 0 spiro atoms. The summed E-state index contributed by atoms with van der Waals surface area (Å²) < 4.78 is 5.72. The van der Waals surface area contributed by atoms with Gasteiger partial charge in [-0.15, -0.1) is 0 Å². The lowest BCUT2D eigenvalue weighted by Gasteiger charge is -2.16. The SMILES string of the molecule is NC(=O)c1cc(Oc2ccc3c(c2)CCCC3)ncc1N. The highest BCUT2D eigenvalue weighted by atomic mass is 16.5. The molecule has 1 aliphatic rings. The van der Waals surface area contributed by atoms with Crippen LogP contribution in [-0.2, 0) is 12.8 Å². The molecule has 2 aromatic rings. The zero-order valence-electron chi connectivity index (χ0n) is 11.6. The van der Waals surface area contributed by atoms with Crippen LogP contribution in [0.1, 0.15) is 34.3 Å². The number of aryl methyl sites for hydroxylation is 2. The highest BCUT2D eigenvalue weighted by Crippen LogP contribution is 2.28. The first-order valence-corrected chi connectivity index (χ1v) is 6.98. The van der Waals surface area contributed by atoms with E-state index in [4.69, 9.17) is 16.2 Å². The van der Waals surface area contributed by atoms with Gasteiger partial charge in [0.2, 0.25) is 5.88 Å². The van der Waals surface area contributed by atoms with Gasteiger partial charge < -0.3 is 16.2 Å². The number of amides is 1. The summed E-state index contributed by atoms with van der Waals surface area (Å²) in [5.74, 6) is 0.433. The Labute approximate surface area is 122 Å². The van der Waals surface area contributed by atoms with Gasteiger partial charge in [-0.2, -0.15) is 0 Å². The first-order chi connectivity index (χ1) is 10.1. The first-order valence-electron chi connectivity index (χ1n) is 6.98. The van der Waals surface area contributed by atoms with Crippen molar-refractivity contribution in [1.29, 1.82) is 0 Å². The van der Waals surface area contributed by atoms with E-state index in [1.165, 1.54) is 36.2 Å². The van der Waals surface area contributed by atoms with Crippen molar-refractivity contribution in [2.75, 3.05) is 5.73 Å². The van der Waals surface area contributed by atoms with E-state index < -0.39 is 5.91 Å². The third-order valence-corrected chi connectivity index (χ3v) is 3.72. The van der Waals surface area contributed by atoms with Crippen molar-refractivity contribution in [3.8, 4) is 11.6 Å². The molecule has 1 amide bonds. The van der Waals surface area contributed by atoms with Crippen LogP contribution >= 0.6 is 0 Å². The van der Waals surface area contributed by atoms with Gasteiger partial charge in [-0.25, -0.2) is 4.98 Å². The molecule has 108 valence electrons. The number of carbonyl (C=O) groups is 1. The number of benzene rings is 1. The Hall–Kier alpha value is -2.56. The molecule has 5 nitrogen and oxygen atoms in total. The van der Waals surface area contributed by atoms with Gasteiger partial charge in [-0.3, -0.25) is 4.79 Å². The number of nitrogens with zero attached hydrogens (tertiary/aromatic N) is 1. The van der Waals surface area contributed by atoms with Crippen LogP contribution in [0, 0.1) is 0 Å². The highest BCUT2D eigenvalue weighted by Gasteiger charge is 2.12. The highest BCUT2D eigenvalue weighted by molar-refractivity contribution is 5.98. The van der Waals surface area contributed by atoms with Crippen molar-refractivity contribution >= 4 is 11.6 Å². The summed E-state index contributed by atoms with van der Waals surface area (Å²) in [5, 5.41) is 0. The number of aromatic nitrogens is 1. The fourth-order valence-electron chi connectivity index (χ4n) is 2.61. The van der Waals surface area contributed by atoms with E-state index in [0.717, 1.165) is 12.8 Å². The Morgan fingerprint density at radius 3 is 2.67 bits per heavy atom. The Kier molecular flexibility index (Phi) is 3.48. The molecule has 1 aromatic heterocycles. The molecule has 1 heterocycles. The van der Waals surface area contributed by atoms with E-state index in [1.807, 2.05) is 12.1 Å². The molecule has 0 bridgehead atoms. The lowest BCUT2D eigenvalue weighted by atomic mass is 9.92. The van der Waals surface area contributed by atoms with Gasteiger partial charge in [-0.05, 0) is 48.9 Å². The van der Waals surface area contributed by atoms with Crippen molar-refractivity contribution < 1.29 is 9.53 Å². The molecule has 1 aliphatic carbocycles. The molecule has 0 aliphatic heterocycles. The monoisotopic (exact) mass is 283 g/mol. The molecule has 0 saturated heterocycles. The van der Waals surface area contributed by atoms with Gasteiger partial charge in [0.15, 0.2) is 0 Å². The molecule has 5 heteroatoms. The van der Waals surface area contributed by atoms with E-state index in [0.29, 0.717) is 11.6 Å². The number of hydrogen-bond donors (Lipinski definition) is 2. The number of primary amides is 1. The standard InChI is InChI=1S/C16H17N3O2/c17-14-9-19-15(8-13(14)16(18)20)21-12-6-5-10-3-1-2-4-11(10)7-12/h5-9H,1-4,17H2,(H2,18,20). The van der Waals surface area contributed by atoms with Crippen molar-refractivity contribution in [2.24, 2.45) is 5.73 Å². The topological polar surface area (TPSA) is 91.2 Å². The summed E-state index contributed by atoms with van der Waals surface area (Å²) in [6.45, 7) is 0. The lowest BCUT2D eigenvalue weighted by Crippen LogP contribution is -2.14. The predicted molar refractivity (Wildman–Crippen MR) is 80.3 cm³/mol. The Bertz CT molecular complexity index is 698. The second kappa shape index (κ2) is 5.44. The average Bonchev–Trinajstić information content (AvgIpc) is 2.49. The maximum atomic E-state index is 11.3. The number of carbonyl (C=O) groups excluding carboxylic acids is 1. The smallest absolute Gasteiger partial charge is 0.251 e. The van der Waals surface area contributed by atoms with Crippen molar-refractivity contribution in [2.45, 2.75) is 25.7 Å². The van der Waals surface area contributed by atoms with Gasteiger partial charge in [0.05, 0.1) is 17.4 Å². The summed E-state index contributed by atoms with van der Waals surface area (Å²) in [4.78, 5) is 15.4. The number of pyridine rings is 1. The van der Waals surface area contributed by atoms with Crippen LogP contribution in [0.4, 0.5) is 5.69 Å². The third-order valence-electron chi connectivity index (χ3n) is 3.72. The maximum Gasteiger partial charge on any atom is 0.251 e. The van der Waals surface area contributed by atoms with Gasteiger partial charge in [0.25, 0.3) is 5.91 Å². The summed E-state index contributed by atoms with van der Waals surface area (Å²) >= 11 is 0. The summed E-state index contributed by atoms with van der Waals surface area (Å²) in [6, 6.07) is 7.52. The van der Waals surface area contributed by atoms with Crippen LogP contribution in [0.2, 0.25) is 0 Å². The first kappa shape index (κ1) is 13.4. The summed E-state index contributed by atoms with van der Waals surface area (Å²) in [6.07, 6.45) is 6.04. The predicted octanol–water partition coefficient (Wildman–Crippen LogP) is 2.43. The third kappa shape index (κ3) is 2.81. The van der Waals surface area contributed by atoms with Crippen LogP contribution in [0.3, 0.4) is 0 Å². The molecular formula is C16H17N3O2. The fourth-order valence-corrected chi connectivity index (χ4v) is 2.61. The minimum absolute atomic E-state index is 0.220. The zero-order chi connectivity index (χ0) is 14.8. The molecule has 3 rings (SSSR count). The summed E-state index contributed by atoms with van der Waals surface area (Å²) in [7, 11) is 0. The van der Waals surface area contributed by atoms with E-state index in [-0.39, 0.29) is 11.3 Å². The van der Waals surface area contributed by atoms with E-state index in [1.54, 1.807) is 0 Å². The molecular weight excluding hydrogens is 266 g/mol. The molecule has 4 N–H and O–H groups in total. The van der Waals surface area contributed by atoms with E-state index in [9.17, 15) is 4.79 Å². The quantitative estimate of drug-likeness (QED) is 0.905. The number of nitrogen functional groups attached to an aromatic ring is 1. The van der Waals surface area contributed by atoms with Crippen LogP contribution in [0.15, 0.2) is 30.5 Å². The molecule has 0 unspecified atom stereocenters. The van der Waals surface area contributed by atoms with Gasteiger partial charge in [0.1, 0.15) is 5.75 Å². The van der Waals surface area contributed by atoms with Crippen molar-refractivity contribution in [3.63, 3.8) is 0 Å². The van der Waals surface area contributed by atoms with Crippen molar-refractivity contribution in [1.82, 2.24) is 4.98 Å². The molecule has 0 saturated carbocycles. The Morgan fingerprint density at radius 2 is 1.90 bits per heavy atom. The number of hydrogen-bond acceptors (Lipinski definition) is 4. The van der Waals surface area contributed by atoms with E-state index in [2.05, 4.69) is 11.1 Å². The Morgan fingerprint density at radius 1 is 1.14 bits per heavy atom. The number of anilines is 1. The van der Waals surface area contributed by atoms with Gasteiger partial charge in [0, 0.05) is 6.07 Å².